The highest BCUT2D eigenvalue weighted by Gasteiger charge is 2.32. The number of benzene rings is 1. The second-order valence-corrected chi connectivity index (χ2v) is 5.97. The molecule has 3 rings (SSSR count). The molecule has 1 amide bonds. The van der Waals surface area contributed by atoms with Gasteiger partial charge in [0.25, 0.3) is 11.1 Å². The van der Waals surface area contributed by atoms with Gasteiger partial charge in [0, 0.05) is 13.0 Å². The fourth-order valence-corrected chi connectivity index (χ4v) is 2.63. The van der Waals surface area contributed by atoms with Gasteiger partial charge in [0.15, 0.2) is 0 Å². The smallest absolute Gasteiger partial charge is 0.273 e. The number of amides is 1. The monoisotopic (exact) mass is 301 g/mol. The molecule has 0 aliphatic heterocycles. The second-order valence-electron chi connectivity index (χ2n) is 5.97. The van der Waals surface area contributed by atoms with Crippen molar-refractivity contribution < 1.29 is 4.79 Å². The summed E-state index contributed by atoms with van der Waals surface area (Å²) < 4.78 is 1.21. The molecular formula is C16H19N3O3. The summed E-state index contributed by atoms with van der Waals surface area (Å²) in [6.45, 7) is 3.03. The zero-order valence-corrected chi connectivity index (χ0v) is 12.5. The lowest BCUT2D eigenvalue weighted by atomic mass is 10.2. The molecule has 6 nitrogen and oxygen atoms in total. The zero-order chi connectivity index (χ0) is 15.7. The lowest BCUT2D eigenvalue weighted by molar-refractivity contribution is -0.121. The first kappa shape index (κ1) is 14.6. The molecule has 1 aliphatic rings. The zero-order valence-electron chi connectivity index (χ0n) is 12.5. The summed E-state index contributed by atoms with van der Waals surface area (Å²) in [7, 11) is 0. The van der Waals surface area contributed by atoms with Gasteiger partial charge in [-0.2, -0.15) is 0 Å². The summed E-state index contributed by atoms with van der Waals surface area (Å²) in [4.78, 5) is 36.0. The average Bonchev–Trinajstić information content (AvgIpc) is 3.23. The number of carbonyl (C=O) groups excluding carboxylic acids is 1. The topological polar surface area (TPSA) is 84.0 Å². The number of carbonyl (C=O) groups is 1. The summed E-state index contributed by atoms with van der Waals surface area (Å²) in [5, 5.41) is 6.14. The third kappa shape index (κ3) is 2.95. The summed E-state index contributed by atoms with van der Waals surface area (Å²) in [5.41, 5.74) is -0.596. The Balaban J connectivity index is 1.69. The number of nitrogens with zero attached hydrogens (tertiary/aromatic N) is 1. The Bertz CT molecular complexity index is 821. The van der Waals surface area contributed by atoms with E-state index >= 15 is 0 Å². The standard InChI is InChI=1S/C16H19N3O3/c1-10-8-11(10)9-17-14(20)6-7-19-16(22)13-5-3-2-4-12(13)15(21)18-19/h2-5,10-11H,6-9H2,1H3,(H,17,20)(H,18,21)/t10-,11-/m1/s1. The molecule has 0 bridgehead atoms. The van der Waals surface area contributed by atoms with Gasteiger partial charge in [0.05, 0.1) is 17.3 Å². The van der Waals surface area contributed by atoms with E-state index < -0.39 is 0 Å². The summed E-state index contributed by atoms with van der Waals surface area (Å²) in [6, 6.07) is 6.67. The van der Waals surface area contributed by atoms with Crippen LogP contribution in [0.2, 0.25) is 0 Å². The number of H-pyrrole nitrogens is 1. The summed E-state index contributed by atoms with van der Waals surface area (Å²) in [6.07, 6.45) is 1.34. The first-order valence-corrected chi connectivity index (χ1v) is 7.55. The quantitative estimate of drug-likeness (QED) is 0.859. The van der Waals surface area contributed by atoms with Crippen molar-refractivity contribution in [3.05, 3.63) is 45.0 Å². The number of hydrogen-bond acceptors (Lipinski definition) is 3. The molecule has 2 atom stereocenters. The number of nitrogens with one attached hydrogen (secondary N) is 2. The van der Waals surface area contributed by atoms with E-state index in [0.29, 0.717) is 29.2 Å². The maximum absolute atomic E-state index is 12.3. The first-order valence-electron chi connectivity index (χ1n) is 7.55. The largest absolute Gasteiger partial charge is 0.356 e. The van der Waals surface area contributed by atoms with Crippen molar-refractivity contribution in [2.45, 2.75) is 26.3 Å². The fourth-order valence-electron chi connectivity index (χ4n) is 2.63. The Labute approximate surface area is 127 Å². The molecule has 1 aromatic carbocycles. The third-order valence-electron chi connectivity index (χ3n) is 4.28. The molecule has 0 radical (unpaired) electrons. The van der Waals surface area contributed by atoms with Crippen molar-refractivity contribution >= 4 is 16.7 Å². The van der Waals surface area contributed by atoms with Gasteiger partial charge >= 0.3 is 0 Å². The molecule has 1 aromatic heterocycles. The Hall–Kier alpha value is -2.37. The van der Waals surface area contributed by atoms with E-state index in [1.807, 2.05) is 0 Å². The van der Waals surface area contributed by atoms with E-state index in [1.165, 1.54) is 4.68 Å². The van der Waals surface area contributed by atoms with Crippen LogP contribution in [0.15, 0.2) is 33.9 Å². The molecular weight excluding hydrogens is 282 g/mol. The van der Waals surface area contributed by atoms with Gasteiger partial charge in [-0.1, -0.05) is 19.1 Å². The predicted molar refractivity (Wildman–Crippen MR) is 83.7 cm³/mol. The van der Waals surface area contributed by atoms with Crippen LogP contribution >= 0.6 is 0 Å². The molecule has 6 heteroatoms. The number of aryl methyl sites for hydroxylation is 1. The fraction of sp³-hybridized carbons (Fsp3) is 0.438. The average molecular weight is 301 g/mol. The molecule has 2 N–H and O–H groups in total. The van der Waals surface area contributed by atoms with Crippen LogP contribution < -0.4 is 16.4 Å². The van der Waals surface area contributed by atoms with Gasteiger partial charge in [-0.3, -0.25) is 19.5 Å². The van der Waals surface area contributed by atoms with Crippen molar-refractivity contribution in [1.29, 1.82) is 0 Å². The first-order chi connectivity index (χ1) is 10.6. The van der Waals surface area contributed by atoms with Gasteiger partial charge in [-0.25, -0.2) is 4.68 Å². The van der Waals surface area contributed by atoms with Gasteiger partial charge in [-0.15, -0.1) is 0 Å². The maximum atomic E-state index is 12.3. The van der Waals surface area contributed by atoms with E-state index in [2.05, 4.69) is 17.3 Å². The number of aromatic amines is 1. The second kappa shape index (κ2) is 5.79. The van der Waals surface area contributed by atoms with Crippen LogP contribution in [0.4, 0.5) is 0 Å². The summed E-state index contributed by atoms with van der Waals surface area (Å²) >= 11 is 0. The van der Waals surface area contributed by atoms with Gasteiger partial charge in [-0.05, 0) is 30.4 Å². The Morgan fingerprint density at radius 2 is 2.00 bits per heavy atom. The molecule has 0 saturated heterocycles. The maximum Gasteiger partial charge on any atom is 0.273 e. The van der Waals surface area contributed by atoms with E-state index in [9.17, 15) is 14.4 Å². The van der Waals surface area contributed by atoms with Gasteiger partial charge in [0.1, 0.15) is 0 Å². The molecule has 1 saturated carbocycles. The van der Waals surface area contributed by atoms with Crippen LogP contribution in [0.1, 0.15) is 19.8 Å². The highest BCUT2D eigenvalue weighted by atomic mass is 16.2. The van der Waals surface area contributed by atoms with Crippen molar-refractivity contribution in [3.8, 4) is 0 Å². The molecule has 0 unspecified atom stereocenters. The van der Waals surface area contributed by atoms with Crippen LogP contribution in [-0.2, 0) is 11.3 Å². The van der Waals surface area contributed by atoms with Gasteiger partial charge in [0.2, 0.25) is 5.91 Å². The molecule has 1 aliphatic carbocycles. The van der Waals surface area contributed by atoms with Crippen molar-refractivity contribution in [2.75, 3.05) is 6.54 Å². The van der Waals surface area contributed by atoms with Gasteiger partial charge < -0.3 is 5.32 Å². The predicted octanol–water partition coefficient (Wildman–Crippen LogP) is 0.852. The Morgan fingerprint density at radius 3 is 2.68 bits per heavy atom. The number of rotatable bonds is 5. The van der Waals surface area contributed by atoms with Crippen molar-refractivity contribution in [1.82, 2.24) is 15.1 Å². The minimum absolute atomic E-state index is 0.0972. The van der Waals surface area contributed by atoms with E-state index in [4.69, 9.17) is 0 Å². The Kier molecular flexibility index (Phi) is 3.83. The van der Waals surface area contributed by atoms with Crippen LogP contribution in [-0.4, -0.2) is 22.2 Å². The molecule has 0 spiro atoms. The number of fused-ring (bicyclic) bond motifs is 1. The lowest BCUT2D eigenvalue weighted by Gasteiger charge is -2.08. The summed E-state index contributed by atoms with van der Waals surface area (Å²) in [5.74, 6) is 1.19. The van der Waals surface area contributed by atoms with Crippen LogP contribution in [0.3, 0.4) is 0 Å². The number of hydrogen-bond donors (Lipinski definition) is 2. The molecule has 116 valence electrons. The van der Waals surface area contributed by atoms with Crippen LogP contribution in [0, 0.1) is 11.8 Å². The molecule has 1 fully saturated rings. The number of aromatic nitrogens is 2. The normalized spacial score (nSPS) is 20.0. The van der Waals surface area contributed by atoms with Crippen molar-refractivity contribution in [3.63, 3.8) is 0 Å². The highest BCUT2D eigenvalue weighted by molar-refractivity contribution is 5.80. The molecule has 1 heterocycles. The van der Waals surface area contributed by atoms with E-state index in [-0.39, 0.29) is 30.0 Å². The minimum Gasteiger partial charge on any atom is -0.356 e. The van der Waals surface area contributed by atoms with Crippen LogP contribution in [0.5, 0.6) is 0 Å². The minimum atomic E-state index is -0.317. The third-order valence-corrected chi connectivity index (χ3v) is 4.28. The SMILES string of the molecule is C[C@@H]1C[C@@H]1CNC(=O)CCn1[nH]c(=O)c2ccccc2c1=O. The van der Waals surface area contributed by atoms with E-state index in [0.717, 1.165) is 6.42 Å². The highest BCUT2D eigenvalue weighted by Crippen LogP contribution is 2.36. The van der Waals surface area contributed by atoms with Crippen molar-refractivity contribution in [2.24, 2.45) is 11.8 Å². The lowest BCUT2D eigenvalue weighted by Crippen LogP contribution is -2.33. The molecule has 2 aromatic rings. The van der Waals surface area contributed by atoms with E-state index in [1.54, 1.807) is 24.3 Å². The molecule has 22 heavy (non-hydrogen) atoms. The Morgan fingerprint density at radius 1 is 1.32 bits per heavy atom. The van der Waals surface area contributed by atoms with Crippen LogP contribution in [0.25, 0.3) is 10.8 Å².